The Morgan fingerprint density at radius 1 is 0.333 bits per heavy atom. The standard InChI is InChI=1S/C65H129NO3/c1-3-5-7-9-11-13-15-17-19-21-23-25-27-29-30-31-32-33-34-35-36-37-39-41-43-45-47-49-51-53-55-57-59-61-65(69)66-63(62-67)64(68)60-58-56-54-52-50-48-46-44-42-40-38-28-26-24-22-20-18-16-14-12-10-8-6-4-2/h21,23,63-64,67-68H,3-20,22,24-62H2,1-2H3,(H,66,69)/b23-21-. The number of aliphatic hydroxyl groups excluding tert-OH is 2. The van der Waals surface area contributed by atoms with Gasteiger partial charge in [0.1, 0.15) is 0 Å². The molecule has 1 amide bonds. The van der Waals surface area contributed by atoms with E-state index in [2.05, 4.69) is 31.3 Å². The highest BCUT2D eigenvalue weighted by Gasteiger charge is 2.20. The SMILES string of the molecule is CCCCCCCCCC/C=C\CCCCCCCCCCCCCCCCCCCCCCCC(=O)NC(CO)C(O)CCCCCCCCCCCCCCCCCCCCCCCCCC. The first-order valence-electron chi connectivity index (χ1n) is 32.4. The molecule has 2 unspecified atom stereocenters. The largest absolute Gasteiger partial charge is 0.394 e. The van der Waals surface area contributed by atoms with Gasteiger partial charge < -0.3 is 15.5 Å². The Hall–Kier alpha value is -0.870. The van der Waals surface area contributed by atoms with Crippen molar-refractivity contribution in [2.45, 2.75) is 392 Å². The molecule has 0 aliphatic heterocycles. The Bertz CT molecular complexity index is 967. The van der Waals surface area contributed by atoms with Crippen LogP contribution in [0.3, 0.4) is 0 Å². The van der Waals surface area contributed by atoms with Crippen molar-refractivity contribution >= 4 is 5.91 Å². The van der Waals surface area contributed by atoms with Gasteiger partial charge >= 0.3 is 0 Å². The van der Waals surface area contributed by atoms with Crippen LogP contribution in [-0.4, -0.2) is 34.9 Å². The van der Waals surface area contributed by atoms with E-state index in [1.807, 2.05) is 0 Å². The smallest absolute Gasteiger partial charge is 0.220 e. The van der Waals surface area contributed by atoms with Crippen molar-refractivity contribution in [1.82, 2.24) is 5.32 Å². The minimum atomic E-state index is -0.657. The van der Waals surface area contributed by atoms with Crippen LogP contribution in [0.25, 0.3) is 0 Å². The third kappa shape index (κ3) is 57.9. The summed E-state index contributed by atoms with van der Waals surface area (Å²) in [4.78, 5) is 12.5. The third-order valence-corrected chi connectivity index (χ3v) is 15.5. The summed E-state index contributed by atoms with van der Waals surface area (Å²) in [7, 11) is 0. The van der Waals surface area contributed by atoms with Crippen LogP contribution < -0.4 is 5.32 Å². The molecule has 412 valence electrons. The summed E-state index contributed by atoms with van der Waals surface area (Å²) in [5, 5.41) is 23.4. The maximum Gasteiger partial charge on any atom is 0.220 e. The van der Waals surface area contributed by atoms with Gasteiger partial charge in [-0.15, -0.1) is 0 Å². The van der Waals surface area contributed by atoms with Crippen LogP contribution in [0, 0.1) is 0 Å². The molecule has 0 fully saturated rings. The summed E-state index contributed by atoms with van der Waals surface area (Å²) < 4.78 is 0. The fourth-order valence-corrected chi connectivity index (χ4v) is 10.6. The highest BCUT2D eigenvalue weighted by molar-refractivity contribution is 5.76. The van der Waals surface area contributed by atoms with E-state index in [0.717, 1.165) is 25.7 Å². The maximum atomic E-state index is 12.5. The predicted octanol–water partition coefficient (Wildman–Crippen LogP) is 21.7. The van der Waals surface area contributed by atoms with E-state index >= 15 is 0 Å². The van der Waals surface area contributed by atoms with Crippen molar-refractivity contribution in [3.05, 3.63) is 12.2 Å². The molecule has 0 saturated carbocycles. The molecule has 0 rings (SSSR count). The molecular weight excluding hydrogens is 843 g/mol. The van der Waals surface area contributed by atoms with Gasteiger partial charge in [0.05, 0.1) is 18.8 Å². The molecule has 0 aliphatic carbocycles. The van der Waals surface area contributed by atoms with Crippen LogP contribution in [0.2, 0.25) is 0 Å². The lowest BCUT2D eigenvalue weighted by Gasteiger charge is -2.22. The molecule has 0 aromatic heterocycles. The van der Waals surface area contributed by atoms with Crippen LogP contribution in [0.1, 0.15) is 380 Å². The molecule has 0 aromatic rings. The van der Waals surface area contributed by atoms with Crippen molar-refractivity contribution in [3.63, 3.8) is 0 Å². The van der Waals surface area contributed by atoms with Crippen molar-refractivity contribution in [3.8, 4) is 0 Å². The molecule has 0 heterocycles. The van der Waals surface area contributed by atoms with E-state index < -0.39 is 12.1 Å². The van der Waals surface area contributed by atoms with Gasteiger partial charge in [0.15, 0.2) is 0 Å². The van der Waals surface area contributed by atoms with E-state index in [4.69, 9.17) is 0 Å². The monoisotopic (exact) mass is 972 g/mol. The molecule has 0 saturated heterocycles. The summed E-state index contributed by atoms with van der Waals surface area (Å²) in [6.45, 7) is 4.41. The van der Waals surface area contributed by atoms with E-state index in [1.54, 1.807) is 0 Å². The first kappa shape index (κ1) is 68.1. The van der Waals surface area contributed by atoms with E-state index in [9.17, 15) is 15.0 Å². The predicted molar refractivity (Wildman–Crippen MR) is 309 cm³/mol. The van der Waals surface area contributed by atoms with Crippen LogP contribution in [-0.2, 0) is 4.79 Å². The zero-order valence-electron chi connectivity index (χ0n) is 47.6. The Balaban J connectivity index is 3.38. The van der Waals surface area contributed by atoms with Crippen molar-refractivity contribution < 1.29 is 15.0 Å². The lowest BCUT2D eigenvalue weighted by atomic mass is 10.0. The van der Waals surface area contributed by atoms with Crippen LogP contribution in [0.15, 0.2) is 12.2 Å². The Morgan fingerprint density at radius 2 is 0.551 bits per heavy atom. The lowest BCUT2D eigenvalue weighted by molar-refractivity contribution is -0.123. The summed E-state index contributed by atoms with van der Waals surface area (Å²) in [6, 6.07) is -0.533. The van der Waals surface area contributed by atoms with Crippen molar-refractivity contribution in [2.24, 2.45) is 0 Å². The molecule has 0 spiro atoms. The summed E-state index contributed by atoms with van der Waals surface area (Å²) in [5.74, 6) is -0.0215. The number of rotatable bonds is 61. The van der Waals surface area contributed by atoms with E-state index in [1.165, 1.54) is 327 Å². The molecule has 69 heavy (non-hydrogen) atoms. The first-order valence-corrected chi connectivity index (χ1v) is 32.4. The number of nitrogens with one attached hydrogen (secondary N) is 1. The molecule has 4 heteroatoms. The molecule has 0 radical (unpaired) electrons. The Labute approximate surface area is 435 Å². The normalized spacial score (nSPS) is 12.7. The van der Waals surface area contributed by atoms with E-state index in [0.29, 0.717) is 12.8 Å². The lowest BCUT2D eigenvalue weighted by Crippen LogP contribution is -2.45. The van der Waals surface area contributed by atoms with Gasteiger partial charge in [-0.1, -0.05) is 347 Å². The van der Waals surface area contributed by atoms with Crippen molar-refractivity contribution in [2.75, 3.05) is 6.61 Å². The van der Waals surface area contributed by atoms with Gasteiger partial charge in [0.25, 0.3) is 0 Å². The molecular formula is C65H129NO3. The van der Waals surface area contributed by atoms with Crippen molar-refractivity contribution in [1.29, 1.82) is 0 Å². The summed E-state index contributed by atoms with van der Waals surface area (Å²) in [5.41, 5.74) is 0. The number of amides is 1. The second-order valence-electron chi connectivity index (χ2n) is 22.5. The minimum Gasteiger partial charge on any atom is -0.394 e. The average molecular weight is 973 g/mol. The van der Waals surface area contributed by atoms with Crippen LogP contribution in [0.5, 0.6) is 0 Å². The number of hydrogen-bond acceptors (Lipinski definition) is 3. The molecule has 2 atom stereocenters. The highest BCUT2D eigenvalue weighted by atomic mass is 16.3. The second-order valence-corrected chi connectivity index (χ2v) is 22.5. The topological polar surface area (TPSA) is 69.6 Å². The first-order chi connectivity index (χ1) is 34.2. The van der Waals surface area contributed by atoms with E-state index in [-0.39, 0.29) is 12.5 Å². The van der Waals surface area contributed by atoms with Gasteiger partial charge in [-0.05, 0) is 38.5 Å². The van der Waals surface area contributed by atoms with Gasteiger partial charge in [0.2, 0.25) is 5.91 Å². The summed E-state index contributed by atoms with van der Waals surface area (Å²) >= 11 is 0. The molecule has 0 aromatic carbocycles. The quantitative estimate of drug-likeness (QED) is 0.0420. The number of allylic oxidation sites excluding steroid dienone is 2. The Morgan fingerprint density at radius 3 is 0.797 bits per heavy atom. The van der Waals surface area contributed by atoms with Crippen LogP contribution >= 0.6 is 0 Å². The molecule has 4 nitrogen and oxygen atoms in total. The third-order valence-electron chi connectivity index (χ3n) is 15.5. The van der Waals surface area contributed by atoms with Gasteiger partial charge in [-0.3, -0.25) is 4.79 Å². The molecule has 0 bridgehead atoms. The number of aliphatic hydroxyl groups is 2. The average Bonchev–Trinajstić information content (AvgIpc) is 3.35. The molecule has 3 N–H and O–H groups in total. The van der Waals surface area contributed by atoms with Gasteiger partial charge in [-0.25, -0.2) is 0 Å². The van der Waals surface area contributed by atoms with Gasteiger partial charge in [-0.2, -0.15) is 0 Å². The van der Waals surface area contributed by atoms with Gasteiger partial charge in [0, 0.05) is 6.42 Å². The zero-order chi connectivity index (χ0) is 49.9. The zero-order valence-corrected chi connectivity index (χ0v) is 47.6. The number of hydrogen-bond donors (Lipinski definition) is 3. The number of carbonyl (C=O) groups excluding carboxylic acids is 1. The maximum absolute atomic E-state index is 12.5. The Kier molecular flexibility index (Phi) is 60.7. The summed E-state index contributed by atoms with van der Waals surface area (Å²) in [6.07, 6.45) is 81.0. The fourth-order valence-electron chi connectivity index (χ4n) is 10.6. The number of carbonyl (C=O) groups is 1. The number of unbranched alkanes of at least 4 members (excludes halogenated alkanes) is 52. The second kappa shape index (κ2) is 61.4. The highest BCUT2D eigenvalue weighted by Crippen LogP contribution is 2.19. The fraction of sp³-hybridized carbons (Fsp3) is 0.954. The minimum absolute atomic E-state index is 0.0215. The van der Waals surface area contributed by atoms with Crippen LogP contribution in [0.4, 0.5) is 0 Å². The molecule has 0 aliphatic rings.